The molecule has 15 nitrogen and oxygen atoms in total. The molecule has 3 amide bonds. The van der Waals surface area contributed by atoms with Crippen LogP contribution >= 0.6 is 11.3 Å². The number of benzene rings is 4. The van der Waals surface area contributed by atoms with Gasteiger partial charge < -0.3 is 19.6 Å². The third kappa shape index (κ3) is 10.0. The number of carboxylic acids is 1. The average Bonchev–Trinajstić information content (AvgIpc) is 3.97. The molecule has 73 heavy (non-hydrogen) atoms. The minimum atomic E-state index is -1.10. The van der Waals surface area contributed by atoms with Gasteiger partial charge in [-0.15, -0.1) is 0 Å². The summed E-state index contributed by atoms with van der Waals surface area (Å²) in [4.78, 5) is 67.3. The van der Waals surface area contributed by atoms with Gasteiger partial charge in [-0.05, 0) is 154 Å². The van der Waals surface area contributed by atoms with E-state index in [0.29, 0.717) is 66.4 Å². The van der Waals surface area contributed by atoms with Crippen LogP contribution in [0, 0.1) is 12.8 Å². The van der Waals surface area contributed by atoms with Gasteiger partial charge in [-0.2, -0.15) is 5.10 Å². The average molecular weight is 1000 g/mol. The zero-order valence-electron chi connectivity index (χ0n) is 41.6. The highest BCUT2D eigenvalue weighted by Crippen LogP contribution is 2.37. The smallest absolute Gasteiger partial charge is 0.355 e. The van der Waals surface area contributed by atoms with Crippen molar-refractivity contribution in [2.75, 3.05) is 47.8 Å². The quantitative estimate of drug-likeness (QED) is 0.0935. The zero-order valence-corrected chi connectivity index (χ0v) is 42.4. The highest BCUT2D eigenvalue weighted by Gasteiger charge is 2.33. The number of piperazine rings is 1. The standard InChI is InChI=1S/C57H61N9O6S/c1-34-31-40(18-20-41(34)42-21-23-50(59-53(42)56(70)71)66-26-25-37-7-6-8-43(46(37)33-66)54(68)61-57-58-47-9-4-5-10-49(47)73-57)72-39-16-13-36(14-17-39)12-11-35(2)64-27-29-65(30-28-64)38-15-19-44-48(32-38)63(3)62-52(44)45-22-24-51(67)60-55(45)69/h4-10,15,18-21,23,31-32,35-36,39,45H,11-14,16-17,22,24-30,33H2,1-3H3,(H,70,71)(H,58,61,68)(H,60,67,69)/t35-,36?,39?,45-/m1/s1. The molecule has 3 aliphatic heterocycles. The molecule has 3 N–H and O–H groups in total. The Labute approximate surface area is 428 Å². The third-order valence-corrected chi connectivity index (χ3v) is 16.7. The Kier molecular flexibility index (Phi) is 13.4. The molecule has 11 rings (SSSR count). The fourth-order valence-corrected chi connectivity index (χ4v) is 12.5. The monoisotopic (exact) mass is 999 g/mol. The largest absolute Gasteiger partial charge is 0.490 e. The van der Waals surface area contributed by atoms with Crippen LogP contribution in [-0.2, 0) is 29.6 Å². The molecule has 1 aliphatic carbocycles. The van der Waals surface area contributed by atoms with Crippen LogP contribution in [0.4, 0.5) is 16.6 Å². The number of piperidine rings is 1. The number of ether oxygens (including phenoxy) is 1. The number of anilines is 3. The number of imide groups is 1. The number of aromatic nitrogens is 4. The summed E-state index contributed by atoms with van der Waals surface area (Å²) in [6, 6.07) is 30.2. The number of rotatable bonds is 13. The first kappa shape index (κ1) is 48.1. The number of carbonyl (C=O) groups is 4. The number of hydrogen-bond acceptors (Lipinski definition) is 12. The molecule has 0 spiro atoms. The number of nitrogens with one attached hydrogen (secondary N) is 2. The molecule has 6 heterocycles. The molecular formula is C57H61N9O6S. The Morgan fingerprint density at radius 3 is 2.45 bits per heavy atom. The van der Waals surface area contributed by atoms with Crippen molar-refractivity contribution in [2.45, 2.75) is 96.2 Å². The molecule has 16 heteroatoms. The van der Waals surface area contributed by atoms with Crippen LogP contribution in [0.2, 0.25) is 0 Å². The lowest BCUT2D eigenvalue weighted by molar-refractivity contribution is -0.134. The highest BCUT2D eigenvalue weighted by molar-refractivity contribution is 7.22. The van der Waals surface area contributed by atoms with Crippen molar-refractivity contribution in [3.05, 3.63) is 125 Å². The number of carboxylic acid groups (broad SMARTS) is 1. The maximum atomic E-state index is 13.6. The second kappa shape index (κ2) is 20.4. The van der Waals surface area contributed by atoms with Crippen molar-refractivity contribution in [1.29, 1.82) is 0 Å². The fraction of sp³-hybridized carbons (Fsp3) is 0.386. The summed E-state index contributed by atoms with van der Waals surface area (Å²) in [6.07, 6.45) is 8.36. The van der Waals surface area contributed by atoms with Crippen LogP contribution < -0.4 is 25.2 Å². The van der Waals surface area contributed by atoms with Crippen LogP contribution in [0.15, 0.2) is 91.0 Å². The van der Waals surface area contributed by atoms with Gasteiger partial charge in [0, 0.05) is 81.0 Å². The van der Waals surface area contributed by atoms with Crippen LogP contribution in [0.25, 0.3) is 32.2 Å². The van der Waals surface area contributed by atoms with Crippen molar-refractivity contribution in [2.24, 2.45) is 13.0 Å². The Balaban J connectivity index is 0.656. The van der Waals surface area contributed by atoms with E-state index in [1.54, 1.807) is 0 Å². The van der Waals surface area contributed by atoms with Gasteiger partial charge in [0.15, 0.2) is 10.8 Å². The topological polar surface area (TPSA) is 175 Å². The molecule has 7 aromatic rings. The lowest BCUT2D eigenvalue weighted by atomic mass is 9.83. The molecule has 1 saturated carbocycles. The maximum Gasteiger partial charge on any atom is 0.355 e. The number of aryl methyl sites for hydroxylation is 2. The van der Waals surface area contributed by atoms with Crippen molar-refractivity contribution in [3.63, 3.8) is 0 Å². The van der Waals surface area contributed by atoms with Crippen molar-refractivity contribution in [1.82, 2.24) is 30.0 Å². The van der Waals surface area contributed by atoms with E-state index in [1.165, 1.54) is 29.9 Å². The summed E-state index contributed by atoms with van der Waals surface area (Å²) in [7, 11) is 1.92. The molecule has 0 radical (unpaired) electrons. The van der Waals surface area contributed by atoms with Gasteiger partial charge in [0.1, 0.15) is 11.6 Å². The number of thiazole rings is 1. The van der Waals surface area contributed by atoms with Crippen LogP contribution in [-0.4, -0.2) is 98.3 Å². The summed E-state index contributed by atoms with van der Waals surface area (Å²) in [5, 5.41) is 22.2. The van der Waals surface area contributed by atoms with E-state index in [-0.39, 0.29) is 29.5 Å². The lowest BCUT2D eigenvalue weighted by Crippen LogP contribution is -2.49. The van der Waals surface area contributed by atoms with Crippen LogP contribution in [0.3, 0.4) is 0 Å². The van der Waals surface area contributed by atoms with E-state index < -0.39 is 11.9 Å². The van der Waals surface area contributed by atoms with E-state index in [0.717, 1.165) is 107 Å². The molecule has 3 fully saturated rings. The van der Waals surface area contributed by atoms with Gasteiger partial charge in [-0.3, -0.25) is 34.6 Å². The second-order valence-corrected chi connectivity index (χ2v) is 21.4. The van der Waals surface area contributed by atoms with Gasteiger partial charge in [0.05, 0.1) is 33.4 Å². The number of nitrogens with zero attached hydrogens (tertiary/aromatic N) is 7. The molecule has 3 aromatic heterocycles. The van der Waals surface area contributed by atoms with E-state index >= 15 is 0 Å². The van der Waals surface area contributed by atoms with Crippen molar-refractivity contribution in [3.8, 4) is 16.9 Å². The fourth-order valence-electron chi connectivity index (χ4n) is 11.6. The van der Waals surface area contributed by atoms with Gasteiger partial charge >= 0.3 is 5.97 Å². The summed E-state index contributed by atoms with van der Waals surface area (Å²) >= 11 is 1.44. The molecule has 2 atom stereocenters. The number of hydrogen-bond donors (Lipinski definition) is 3. The summed E-state index contributed by atoms with van der Waals surface area (Å²) in [6.45, 7) is 9.34. The number of carbonyl (C=O) groups excluding carboxylic acids is 3. The zero-order chi connectivity index (χ0) is 50.3. The first-order valence-electron chi connectivity index (χ1n) is 25.8. The van der Waals surface area contributed by atoms with Gasteiger partial charge in [-0.1, -0.05) is 41.7 Å². The van der Waals surface area contributed by atoms with E-state index in [1.807, 2.05) is 96.3 Å². The maximum absolute atomic E-state index is 13.6. The summed E-state index contributed by atoms with van der Waals surface area (Å²) < 4.78 is 9.43. The first-order valence-corrected chi connectivity index (χ1v) is 26.6. The first-order chi connectivity index (χ1) is 35.4. The van der Waals surface area contributed by atoms with Gasteiger partial charge in [0.2, 0.25) is 11.8 Å². The Morgan fingerprint density at radius 2 is 1.67 bits per heavy atom. The van der Waals surface area contributed by atoms with Gasteiger partial charge in [0.25, 0.3) is 5.91 Å². The predicted octanol–water partition coefficient (Wildman–Crippen LogP) is 9.52. The molecule has 4 aliphatic rings. The number of fused-ring (bicyclic) bond motifs is 3. The Morgan fingerprint density at radius 1 is 0.863 bits per heavy atom. The normalized spacial score (nSPS) is 20.0. The lowest BCUT2D eigenvalue weighted by Gasteiger charge is -2.39. The molecule has 2 saturated heterocycles. The second-order valence-electron chi connectivity index (χ2n) is 20.3. The molecule has 4 aromatic carbocycles. The number of amides is 3. The molecule has 0 unspecified atom stereocenters. The Hall–Kier alpha value is -7.17. The minimum absolute atomic E-state index is 0.0135. The van der Waals surface area contributed by atoms with E-state index in [9.17, 15) is 24.3 Å². The summed E-state index contributed by atoms with van der Waals surface area (Å²) in [5.74, 6) is -0.175. The van der Waals surface area contributed by atoms with E-state index in [2.05, 4.69) is 50.5 Å². The molecular weight excluding hydrogens is 939 g/mol. The Bertz CT molecular complexity index is 3230. The molecule has 0 bridgehead atoms. The highest BCUT2D eigenvalue weighted by atomic mass is 32.1. The third-order valence-electron chi connectivity index (χ3n) is 15.8. The predicted molar refractivity (Wildman–Crippen MR) is 285 cm³/mol. The van der Waals surface area contributed by atoms with Gasteiger partial charge in [-0.25, -0.2) is 14.8 Å². The van der Waals surface area contributed by atoms with Crippen LogP contribution in [0.1, 0.15) is 107 Å². The van der Waals surface area contributed by atoms with Crippen LogP contribution in [0.5, 0.6) is 5.75 Å². The summed E-state index contributed by atoms with van der Waals surface area (Å²) in [5.41, 5.74) is 8.56. The number of para-hydroxylation sites is 1. The molecule has 376 valence electrons. The SMILES string of the molecule is Cc1cc(OC2CCC(CC[C@@H](C)N3CCN(c4ccc5c([C@H]6CCC(=O)NC6=O)nn(C)c5c4)CC3)CC2)ccc1-c1ccc(N2CCc3cccc(C(=O)Nc4nc5ccccc5s4)c3C2)nc1C(=O)O. The minimum Gasteiger partial charge on any atom is -0.490 e. The van der Waals surface area contributed by atoms with Crippen molar-refractivity contribution >= 4 is 72.8 Å². The number of aromatic carboxylic acids is 1. The van der Waals surface area contributed by atoms with E-state index in [4.69, 9.17) is 14.8 Å². The number of pyridine rings is 1. The van der Waals surface area contributed by atoms with Crippen molar-refractivity contribution < 1.29 is 29.0 Å².